The van der Waals surface area contributed by atoms with Crippen LogP contribution in [0, 0.1) is 14.9 Å². The lowest BCUT2D eigenvalue weighted by Crippen LogP contribution is -2.44. The van der Waals surface area contributed by atoms with Crippen LogP contribution in [0.3, 0.4) is 0 Å². The third-order valence-corrected chi connectivity index (χ3v) is 6.06. The maximum atomic E-state index is 6.20. The van der Waals surface area contributed by atoms with Gasteiger partial charge in [0.25, 0.3) is 0 Å². The van der Waals surface area contributed by atoms with Gasteiger partial charge in [0.15, 0.2) is 0 Å². The molecule has 2 aliphatic carbocycles. The van der Waals surface area contributed by atoms with E-state index in [0.717, 1.165) is 25.1 Å². The molecule has 3 fully saturated rings. The molecule has 21 heavy (non-hydrogen) atoms. The molecule has 0 aromatic heterocycles. The summed E-state index contributed by atoms with van der Waals surface area (Å²) in [5.74, 6) is 0.831. The lowest BCUT2D eigenvalue weighted by atomic mass is 9.74. The van der Waals surface area contributed by atoms with Crippen LogP contribution < -0.4 is 5.32 Å². The van der Waals surface area contributed by atoms with Crippen LogP contribution in [0.25, 0.3) is 0 Å². The second-order valence-corrected chi connectivity index (χ2v) is 8.45. The van der Waals surface area contributed by atoms with E-state index in [2.05, 4.69) is 52.2 Å². The van der Waals surface area contributed by atoms with Crippen LogP contribution in [0.4, 0.5) is 0 Å². The Morgan fingerprint density at radius 3 is 2.57 bits per heavy atom. The maximum absolute atomic E-state index is 6.20. The van der Waals surface area contributed by atoms with Crippen molar-refractivity contribution in [2.45, 2.75) is 50.7 Å². The van der Waals surface area contributed by atoms with Gasteiger partial charge in [0.2, 0.25) is 0 Å². The summed E-state index contributed by atoms with van der Waals surface area (Å²) in [6.07, 6.45) is 8.38. The lowest BCUT2D eigenvalue weighted by Gasteiger charge is -2.35. The zero-order valence-electron chi connectivity index (χ0n) is 12.5. The van der Waals surface area contributed by atoms with E-state index in [4.69, 9.17) is 4.74 Å². The molecule has 2 saturated carbocycles. The first-order valence-corrected chi connectivity index (χ1v) is 9.42. The van der Waals surface area contributed by atoms with Crippen molar-refractivity contribution >= 4 is 22.6 Å². The number of benzene rings is 1. The molecule has 0 spiro atoms. The molecule has 0 bridgehead atoms. The van der Waals surface area contributed by atoms with Crippen LogP contribution in [0.1, 0.15) is 37.7 Å². The maximum Gasteiger partial charge on any atom is 0.0675 e. The number of hydrogen-bond acceptors (Lipinski definition) is 2. The number of nitrogens with one attached hydrogen (secondary N) is 1. The molecule has 1 aromatic carbocycles. The molecule has 2 nitrogen and oxygen atoms in total. The van der Waals surface area contributed by atoms with Crippen LogP contribution in [-0.4, -0.2) is 25.3 Å². The Labute approximate surface area is 141 Å². The summed E-state index contributed by atoms with van der Waals surface area (Å²) in [5.41, 5.74) is 1.81. The first-order chi connectivity index (χ1) is 10.3. The second kappa shape index (κ2) is 5.82. The SMILES string of the molecule is Ic1ccc(CC2(CNC3CC3)CCOC2C2CC2)cc1. The molecule has 3 aliphatic rings. The predicted molar refractivity (Wildman–Crippen MR) is 93.4 cm³/mol. The van der Waals surface area contributed by atoms with E-state index in [1.165, 1.54) is 47.7 Å². The molecule has 1 aromatic rings. The van der Waals surface area contributed by atoms with E-state index in [1.54, 1.807) is 0 Å². The number of hydrogen-bond donors (Lipinski definition) is 1. The minimum absolute atomic E-state index is 0.330. The normalized spacial score (nSPS) is 32.5. The Bertz CT molecular complexity index is 494. The van der Waals surface area contributed by atoms with Gasteiger partial charge in [-0.05, 0) is 84.7 Å². The van der Waals surface area contributed by atoms with Gasteiger partial charge in [-0.2, -0.15) is 0 Å². The zero-order chi connectivity index (χ0) is 14.3. The van der Waals surface area contributed by atoms with Gasteiger partial charge in [0.05, 0.1) is 6.10 Å². The van der Waals surface area contributed by atoms with Gasteiger partial charge >= 0.3 is 0 Å². The first kappa shape index (κ1) is 14.5. The molecule has 1 aliphatic heterocycles. The standard InChI is InChI=1S/C18H24INO/c19-15-5-1-13(2-6-15)11-18(12-20-16-7-8-16)9-10-21-17(18)14-3-4-14/h1-2,5-6,14,16-17,20H,3-4,7-12H2. The van der Waals surface area contributed by atoms with Crippen molar-refractivity contribution in [2.75, 3.05) is 13.2 Å². The van der Waals surface area contributed by atoms with Crippen molar-refractivity contribution in [3.63, 3.8) is 0 Å². The van der Waals surface area contributed by atoms with Crippen molar-refractivity contribution in [3.8, 4) is 0 Å². The van der Waals surface area contributed by atoms with Gasteiger partial charge in [-0.25, -0.2) is 0 Å². The minimum atomic E-state index is 0.330. The fourth-order valence-corrected chi connectivity index (χ4v) is 4.19. The molecule has 0 radical (unpaired) electrons. The quantitative estimate of drug-likeness (QED) is 0.738. The summed E-state index contributed by atoms with van der Waals surface area (Å²) in [7, 11) is 0. The molecule has 2 unspecified atom stereocenters. The largest absolute Gasteiger partial charge is 0.377 e. The van der Waals surface area contributed by atoms with E-state index < -0.39 is 0 Å². The van der Waals surface area contributed by atoms with Crippen LogP contribution >= 0.6 is 22.6 Å². The fraction of sp³-hybridized carbons (Fsp3) is 0.667. The topological polar surface area (TPSA) is 21.3 Å². The monoisotopic (exact) mass is 397 g/mol. The Balaban J connectivity index is 1.54. The summed E-state index contributed by atoms with van der Waals surface area (Å²) in [6, 6.07) is 9.88. The van der Waals surface area contributed by atoms with E-state index in [1.807, 2.05) is 0 Å². The fourth-order valence-electron chi connectivity index (χ4n) is 3.83. The smallest absolute Gasteiger partial charge is 0.0675 e. The molecule has 2 atom stereocenters. The summed E-state index contributed by atoms with van der Waals surface area (Å²) >= 11 is 2.39. The summed E-state index contributed by atoms with van der Waals surface area (Å²) in [4.78, 5) is 0. The Hall–Kier alpha value is -0.130. The summed E-state index contributed by atoms with van der Waals surface area (Å²) in [5, 5.41) is 3.80. The molecule has 1 heterocycles. The van der Waals surface area contributed by atoms with Crippen molar-refractivity contribution in [1.82, 2.24) is 5.32 Å². The molecular weight excluding hydrogens is 373 g/mol. The van der Waals surface area contributed by atoms with Gasteiger partial charge in [0.1, 0.15) is 0 Å². The molecule has 3 heteroatoms. The second-order valence-electron chi connectivity index (χ2n) is 7.20. The van der Waals surface area contributed by atoms with Gasteiger partial charge in [-0.3, -0.25) is 0 Å². The molecular formula is C18H24INO. The van der Waals surface area contributed by atoms with E-state index in [9.17, 15) is 0 Å². The molecule has 4 rings (SSSR count). The average Bonchev–Trinajstić information content (AvgIpc) is 3.40. The highest BCUT2D eigenvalue weighted by Crippen LogP contribution is 2.49. The third-order valence-electron chi connectivity index (χ3n) is 5.34. The Morgan fingerprint density at radius 2 is 1.90 bits per heavy atom. The van der Waals surface area contributed by atoms with E-state index in [0.29, 0.717) is 11.5 Å². The van der Waals surface area contributed by atoms with E-state index >= 15 is 0 Å². The number of halogens is 1. The molecule has 0 amide bonds. The highest BCUT2D eigenvalue weighted by atomic mass is 127. The highest BCUT2D eigenvalue weighted by Gasteiger charge is 2.51. The van der Waals surface area contributed by atoms with Gasteiger partial charge < -0.3 is 10.1 Å². The van der Waals surface area contributed by atoms with Crippen molar-refractivity contribution in [2.24, 2.45) is 11.3 Å². The van der Waals surface area contributed by atoms with Crippen LogP contribution in [-0.2, 0) is 11.2 Å². The Kier molecular flexibility index (Phi) is 4.01. The molecule has 1 saturated heterocycles. The number of rotatable bonds is 6. The third kappa shape index (κ3) is 3.30. The highest BCUT2D eigenvalue weighted by molar-refractivity contribution is 14.1. The van der Waals surface area contributed by atoms with Gasteiger partial charge in [-0.15, -0.1) is 0 Å². The zero-order valence-corrected chi connectivity index (χ0v) is 14.6. The average molecular weight is 397 g/mol. The summed E-state index contributed by atoms with van der Waals surface area (Å²) < 4.78 is 7.52. The van der Waals surface area contributed by atoms with Crippen LogP contribution in [0.15, 0.2) is 24.3 Å². The Morgan fingerprint density at radius 1 is 1.14 bits per heavy atom. The van der Waals surface area contributed by atoms with Gasteiger partial charge in [0, 0.05) is 28.2 Å². The number of ether oxygens (including phenoxy) is 1. The predicted octanol–water partition coefficient (Wildman–Crippen LogP) is 3.77. The van der Waals surface area contributed by atoms with Crippen molar-refractivity contribution in [3.05, 3.63) is 33.4 Å². The molecule has 114 valence electrons. The van der Waals surface area contributed by atoms with Gasteiger partial charge in [-0.1, -0.05) is 12.1 Å². The van der Waals surface area contributed by atoms with E-state index in [-0.39, 0.29) is 0 Å². The summed E-state index contributed by atoms with van der Waals surface area (Å²) in [6.45, 7) is 2.10. The van der Waals surface area contributed by atoms with Crippen molar-refractivity contribution in [1.29, 1.82) is 0 Å². The first-order valence-electron chi connectivity index (χ1n) is 8.35. The lowest BCUT2D eigenvalue weighted by molar-refractivity contribution is 0.0305. The molecule has 1 N–H and O–H groups in total. The van der Waals surface area contributed by atoms with Crippen LogP contribution in [0.2, 0.25) is 0 Å². The van der Waals surface area contributed by atoms with Crippen molar-refractivity contribution < 1.29 is 4.74 Å². The van der Waals surface area contributed by atoms with Crippen LogP contribution in [0.5, 0.6) is 0 Å². The minimum Gasteiger partial charge on any atom is -0.377 e.